The highest BCUT2D eigenvalue weighted by Crippen LogP contribution is 2.37. The summed E-state index contributed by atoms with van der Waals surface area (Å²) in [6, 6.07) is 0.667. The van der Waals surface area contributed by atoms with Crippen molar-refractivity contribution in [2.45, 2.75) is 84.1 Å². The number of piperidine rings is 1. The normalized spacial score (nSPS) is 32.3. The quantitative estimate of drug-likeness (QED) is 0.388. The van der Waals surface area contributed by atoms with E-state index in [0.29, 0.717) is 12.0 Å². The number of hydrogen-bond donors (Lipinski definition) is 2. The van der Waals surface area contributed by atoms with Crippen molar-refractivity contribution in [2.75, 3.05) is 32.7 Å². The first-order valence-electron chi connectivity index (χ1n) is 13.5. The molecular weight excluding hydrogens is 378 g/mol. The van der Waals surface area contributed by atoms with E-state index in [9.17, 15) is 0 Å². The van der Waals surface area contributed by atoms with Crippen LogP contribution >= 0.6 is 0 Å². The fourth-order valence-corrected chi connectivity index (χ4v) is 6.53. The lowest BCUT2D eigenvalue weighted by Crippen LogP contribution is -2.46. The lowest BCUT2D eigenvalue weighted by molar-refractivity contribution is 0.182. The molecule has 0 saturated carbocycles. The molecule has 1 fully saturated rings. The van der Waals surface area contributed by atoms with Gasteiger partial charge < -0.3 is 15.5 Å². The van der Waals surface area contributed by atoms with Gasteiger partial charge in [-0.2, -0.15) is 0 Å². The fourth-order valence-electron chi connectivity index (χ4n) is 6.53. The zero-order chi connectivity index (χ0) is 21.5. The van der Waals surface area contributed by atoms with Crippen molar-refractivity contribution in [3.05, 3.63) is 35.6 Å². The zero-order valence-electron chi connectivity index (χ0n) is 20.2. The van der Waals surface area contributed by atoms with Crippen LogP contribution in [0, 0.1) is 23.7 Å². The first kappa shape index (κ1) is 23.1. The molecule has 0 amide bonds. The highest BCUT2D eigenvalue weighted by atomic mass is 15.2. The number of hydrogen-bond acceptors (Lipinski definition) is 3. The Bertz CT molecular complexity index is 641. The van der Waals surface area contributed by atoms with Crippen molar-refractivity contribution in [3.63, 3.8) is 0 Å². The summed E-state index contributed by atoms with van der Waals surface area (Å²) in [6.45, 7) is 10.5. The maximum atomic E-state index is 3.75. The van der Waals surface area contributed by atoms with Gasteiger partial charge in [-0.25, -0.2) is 0 Å². The molecule has 4 unspecified atom stereocenters. The Labute approximate surface area is 191 Å². The highest BCUT2D eigenvalue weighted by Gasteiger charge is 2.31. The maximum Gasteiger partial charge on any atom is 0.0319 e. The maximum absolute atomic E-state index is 3.75. The first-order valence-corrected chi connectivity index (χ1v) is 13.5. The predicted molar refractivity (Wildman–Crippen MR) is 133 cm³/mol. The van der Waals surface area contributed by atoms with Crippen molar-refractivity contribution >= 4 is 0 Å². The van der Waals surface area contributed by atoms with Gasteiger partial charge in [-0.3, -0.25) is 0 Å². The van der Waals surface area contributed by atoms with Crippen LogP contribution in [0.2, 0.25) is 0 Å². The molecule has 174 valence electrons. The zero-order valence-corrected chi connectivity index (χ0v) is 20.2. The second kappa shape index (κ2) is 11.7. The van der Waals surface area contributed by atoms with Crippen LogP contribution in [0.25, 0.3) is 0 Å². The van der Waals surface area contributed by atoms with Crippen LogP contribution in [0.1, 0.15) is 78.1 Å². The summed E-state index contributed by atoms with van der Waals surface area (Å²) < 4.78 is 0. The van der Waals surface area contributed by atoms with Crippen LogP contribution in [0.15, 0.2) is 35.6 Å². The fraction of sp³-hybridized carbons (Fsp3) is 0.786. The summed E-state index contributed by atoms with van der Waals surface area (Å²) in [4.78, 5) is 2.74. The topological polar surface area (TPSA) is 27.3 Å². The van der Waals surface area contributed by atoms with Crippen LogP contribution in [0.3, 0.4) is 0 Å². The molecule has 4 rings (SSSR count). The van der Waals surface area contributed by atoms with Gasteiger partial charge in [0.25, 0.3) is 0 Å². The molecule has 4 atom stereocenters. The van der Waals surface area contributed by atoms with E-state index in [-0.39, 0.29) is 0 Å². The Morgan fingerprint density at radius 2 is 2.00 bits per heavy atom. The van der Waals surface area contributed by atoms with E-state index >= 15 is 0 Å². The molecule has 2 aliphatic heterocycles. The monoisotopic (exact) mass is 425 g/mol. The third-order valence-corrected chi connectivity index (χ3v) is 8.57. The predicted octanol–water partition coefficient (Wildman–Crippen LogP) is 5.66. The third kappa shape index (κ3) is 6.26. The van der Waals surface area contributed by atoms with E-state index in [1.807, 2.05) is 0 Å². The summed E-state index contributed by atoms with van der Waals surface area (Å²) in [5.74, 6) is 3.27. The molecule has 3 heteroatoms. The average molecular weight is 426 g/mol. The summed E-state index contributed by atoms with van der Waals surface area (Å²) >= 11 is 0. The molecule has 0 aromatic rings. The van der Waals surface area contributed by atoms with Crippen molar-refractivity contribution < 1.29 is 0 Å². The Morgan fingerprint density at radius 3 is 2.81 bits per heavy atom. The van der Waals surface area contributed by atoms with Crippen molar-refractivity contribution in [2.24, 2.45) is 23.7 Å². The first-order chi connectivity index (χ1) is 15.2. The molecule has 0 aromatic heterocycles. The number of likely N-dealkylation sites (tertiary alicyclic amines) is 1. The van der Waals surface area contributed by atoms with Crippen molar-refractivity contribution in [1.29, 1.82) is 0 Å². The van der Waals surface area contributed by atoms with Gasteiger partial charge in [0.15, 0.2) is 0 Å². The SMILES string of the molecule is CCNCCC1=CC(C)C(CCC2CCN(C3=CCNC4CCCC=CC34)CC2)CC1. The van der Waals surface area contributed by atoms with E-state index < -0.39 is 0 Å². The molecule has 3 nitrogen and oxygen atoms in total. The smallest absolute Gasteiger partial charge is 0.0319 e. The second-order valence-corrected chi connectivity index (χ2v) is 10.6. The Kier molecular flexibility index (Phi) is 8.72. The van der Waals surface area contributed by atoms with E-state index in [1.54, 1.807) is 11.3 Å². The molecule has 0 aromatic carbocycles. The lowest BCUT2D eigenvalue weighted by atomic mass is 9.76. The van der Waals surface area contributed by atoms with Gasteiger partial charge in [0.2, 0.25) is 0 Å². The van der Waals surface area contributed by atoms with Crippen LogP contribution in [-0.2, 0) is 0 Å². The van der Waals surface area contributed by atoms with Crippen molar-refractivity contribution in [1.82, 2.24) is 15.5 Å². The number of nitrogens with one attached hydrogen (secondary N) is 2. The number of rotatable bonds is 8. The molecule has 4 aliphatic rings. The van der Waals surface area contributed by atoms with Gasteiger partial charge in [0.05, 0.1) is 0 Å². The van der Waals surface area contributed by atoms with Gasteiger partial charge in [-0.1, -0.05) is 50.1 Å². The minimum atomic E-state index is 0.615. The molecule has 2 heterocycles. The van der Waals surface area contributed by atoms with E-state index in [4.69, 9.17) is 0 Å². The highest BCUT2D eigenvalue weighted by molar-refractivity contribution is 5.21. The average Bonchev–Trinajstić information content (AvgIpc) is 3.05. The van der Waals surface area contributed by atoms with E-state index in [0.717, 1.165) is 37.4 Å². The third-order valence-electron chi connectivity index (χ3n) is 8.57. The molecule has 1 saturated heterocycles. The number of nitrogens with zero attached hydrogens (tertiary/aromatic N) is 1. The van der Waals surface area contributed by atoms with E-state index in [1.165, 1.54) is 77.3 Å². The number of allylic oxidation sites excluding steroid dienone is 2. The molecule has 2 aliphatic carbocycles. The number of fused-ring (bicyclic) bond motifs is 1. The lowest BCUT2D eigenvalue weighted by Gasteiger charge is -2.42. The molecule has 2 N–H and O–H groups in total. The standard InChI is InChI=1S/C28H47N3/c1-3-29-17-13-24-10-12-25(22(2)21-24)11-9-23-15-19-31(20-16-23)28-14-18-30-27-8-6-4-5-7-26(27)28/h5,7,14,21-23,25-27,29-30H,3-4,6,8-13,15-20H2,1-2H3. The largest absolute Gasteiger partial charge is 0.374 e. The van der Waals surface area contributed by atoms with E-state index in [2.05, 4.69) is 53.7 Å². The Morgan fingerprint density at radius 1 is 1.13 bits per heavy atom. The van der Waals surface area contributed by atoms with Crippen LogP contribution < -0.4 is 10.6 Å². The summed E-state index contributed by atoms with van der Waals surface area (Å²) in [5, 5.41) is 7.23. The van der Waals surface area contributed by atoms with Gasteiger partial charge in [0.1, 0.15) is 0 Å². The molecule has 0 radical (unpaired) electrons. The molecule has 31 heavy (non-hydrogen) atoms. The minimum absolute atomic E-state index is 0.615. The van der Waals surface area contributed by atoms with Gasteiger partial charge in [-0.15, -0.1) is 0 Å². The van der Waals surface area contributed by atoms with Gasteiger partial charge in [-0.05, 0) is 88.6 Å². The summed E-state index contributed by atoms with van der Waals surface area (Å²) in [7, 11) is 0. The Hall–Kier alpha value is -1.06. The van der Waals surface area contributed by atoms with Crippen LogP contribution in [0.4, 0.5) is 0 Å². The molecule has 0 bridgehead atoms. The van der Waals surface area contributed by atoms with Crippen LogP contribution in [-0.4, -0.2) is 43.7 Å². The Balaban J connectivity index is 1.21. The summed E-state index contributed by atoms with van der Waals surface area (Å²) in [5.41, 5.74) is 3.34. The molecule has 0 spiro atoms. The minimum Gasteiger partial charge on any atom is -0.374 e. The van der Waals surface area contributed by atoms with Gasteiger partial charge >= 0.3 is 0 Å². The van der Waals surface area contributed by atoms with Crippen molar-refractivity contribution in [3.8, 4) is 0 Å². The second-order valence-electron chi connectivity index (χ2n) is 10.6. The molecular formula is C28H47N3. The van der Waals surface area contributed by atoms with Crippen LogP contribution in [0.5, 0.6) is 0 Å². The summed E-state index contributed by atoms with van der Waals surface area (Å²) in [6.07, 6.45) is 23.7. The van der Waals surface area contributed by atoms with Gasteiger partial charge in [0, 0.05) is 37.3 Å².